The molecule has 0 fully saturated rings. The smallest absolute Gasteiger partial charge is 0.417 e. The number of ether oxygens (including phenoxy) is 2. The Kier molecular flexibility index (Phi) is 7.42. The van der Waals surface area contributed by atoms with Gasteiger partial charge in [-0.15, -0.1) is 0 Å². The Morgan fingerprint density at radius 3 is 2.14 bits per heavy atom. The quantitative estimate of drug-likeness (QED) is 0.389. The Bertz CT molecular complexity index is 1450. The molecule has 3 aromatic carbocycles. The van der Waals surface area contributed by atoms with E-state index in [0.29, 0.717) is 6.07 Å². The largest absolute Gasteiger partial charge is 0.493 e. The zero-order chi connectivity index (χ0) is 27.8. The zero-order valence-electron chi connectivity index (χ0n) is 18.4. The van der Waals surface area contributed by atoms with E-state index in [1.165, 1.54) is 0 Å². The van der Waals surface area contributed by atoms with Crippen molar-refractivity contribution < 1.29 is 53.4 Å². The van der Waals surface area contributed by atoms with Crippen LogP contribution >= 0.6 is 0 Å². The maximum absolute atomic E-state index is 13.9. The number of carbonyl (C=O) groups excluding carboxylic acids is 1. The van der Waals surface area contributed by atoms with Gasteiger partial charge in [0, 0.05) is 11.8 Å². The molecule has 3 aromatic rings. The van der Waals surface area contributed by atoms with Crippen LogP contribution in [0.1, 0.15) is 21.5 Å². The molecule has 3 rings (SSSR count). The topological polar surface area (TPSA) is 108 Å². The molecule has 15 heteroatoms. The molecule has 37 heavy (non-hydrogen) atoms. The standard InChI is InChI=1S/C22H15F7N2O5S/c1-35-16-6-5-12(23)9-17(16)36-18-8-11(21(24,25)26)7-15(22(27,28)29)19(18)20(32)31-13-3-2-4-14(10-13)37(30,33)34/h2-10H,1H3,(H,31,32)(H2,30,33,34). The second-order valence-electron chi connectivity index (χ2n) is 7.32. The Balaban J connectivity index is 2.24. The van der Waals surface area contributed by atoms with Crippen LogP contribution in [0.15, 0.2) is 59.5 Å². The number of alkyl halides is 6. The van der Waals surface area contributed by atoms with Gasteiger partial charge in [-0.2, -0.15) is 26.3 Å². The molecule has 0 spiro atoms. The molecule has 3 N–H and O–H groups in total. The van der Waals surface area contributed by atoms with Crippen LogP contribution in [0.4, 0.5) is 36.4 Å². The number of carbonyl (C=O) groups is 1. The van der Waals surface area contributed by atoms with E-state index in [2.05, 4.69) is 0 Å². The Morgan fingerprint density at radius 1 is 0.892 bits per heavy atom. The first-order valence-electron chi connectivity index (χ1n) is 9.78. The summed E-state index contributed by atoms with van der Waals surface area (Å²) in [6.07, 6.45) is -10.8. The number of sulfonamides is 1. The monoisotopic (exact) mass is 552 g/mol. The molecular weight excluding hydrogens is 537 g/mol. The summed E-state index contributed by atoms with van der Waals surface area (Å²) in [6, 6.07) is 6.44. The third kappa shape index (κ3) is 6.48. The summed E-state index contributed by atoms with van der Waals surface area (Å²) in [5.41, 5.74) is -5.57. The van der Waals surface area contributed by atoms with Crippen molar-refractivity contribution in [3.63, 3.8) is 0 Å². The number of nitrogens with one attached hydrogen (secondary N) is 1. The predicted molar refractivity (Wildman–Crippen MR) is 115 cm³/mol. The normalized spacial score (nSPS) is 12.2. The number of primary sulfonamides is 1. The van der Waals surface area contributed by atoms with Gasteiger partial charge >= 0.3 is 12.4 Å². The van der Waals surface area contributed by atoms with Crippen molar-refractivity contribution in [2.75, 3.05) is 12.4 Å². The number of benzene rings is 3. The number of hydrogen-bond acceptors (Lipinski definition) is 5. The van der Waals surface area contributed by atoms with Crippen molar-refractivity contribution in [1.29, 1.82) is 0 Å². The first-order valence-corrected chi connectivity index (χ1v) is 11.3. The van der Waals surface area contributed by atoms with Crippen LogP contribution in [-0.4, -0.2) is 21.4 Å². The van der Waals surface area contributed by atoms with Gasteiger partial charge in [0.25, 0.3) is 5.91 Å². The molecule has 0 aromatic heterocycles. The lowest BCUT2D eigenvalue weighted by atomic mass is 10.0. The molecule has 0 radical (unpaired) electrons. The fourth-order valence-corrected chi connectivity index (χ4v) is 3.67. The van der Waals surface area contributed by atoms with E-state index >= 15 is 0 Å². The lowest BCUT2D eigenvalue weighted by molar-refractivity contribution is -0.143. The van der Waals surface area contributed by atoms with Crippen LogP contribution in [0, 0.1) is 5.82 Å². The highest BCUT2D eigenvalue weighted by atomic mass is 32.2. The molecule has 0 aliphatic rings. The molecule has 1 amide bonds. The minimum atomic E-state index is -5.49. The fraction of sp³-hybridized carbons (Fsp3) is 0.136. The summed E-state index contributed by atoms with van der Waals surface area (Å²) in [6.45, 7) is 0. The van der Waals surface area contributed by atoms with Crippen molar-refractivity contribution in [3.8, 4) is 17.2 Å². The van der Waals surface area contributed by atoms with Gasteiger partial charge in [0.2, 0.25) is 10.0 Å². The van der Waals surface area contributed by atoms with Gasteiger partial charge < -0.3 is 14.8 Å². The van der Waals surface area contributed by atoms with Gasteiger partial charge in [-0.3, -0.25) is 4.79 Å². The minimum Gasteiger partial charge on any atom is -0.493 e. The third-order valence-electron chi connectivity index (χ3n) is 4.73. The average Bonchev–Trinajstić information content (AvgIpc) is 2.77. The summed E-state index contributed by atoms with van der Waals surface area (Å²) in [4.78, 5) is 12.5. The molecular formula is C22H15F7N2O5S. The second kappa shape index (κ2) is 9.89. The zero-order valence-corrected chi connectivity index (χ0v) is 19.2. The highest BCUT2D eigenvalue weighted by Crippen LogP contribution is 2.44. The first kappa shape index (κ1) is 27.7. The van der Waals surface area contributed by atoms with Gasteiger partial charge in [0.15, 0.2) is 11.5 Å². The summed E-state index contributed by atoms with van der Waals surface area (Å²) in [5, 5.41) is 6.98. The van der Waals surface area contributed by atoms with E-state index in [4.69, 9.17) is 14.6 Å². The van der Waals surface area contributed by atoms with Gasteiger partial charge in [0.1, 0.15) is 11.6 Å². The molecule has 0 aliphatic heterocycles. The summed E-state index contributed by atoms with van der Waals surface area (Å²) in [5.74, 6) is -4.70. The number of halogens is 7. The number of anilines is 1. The predicted octanol–water partition coefficient (Wildman–Crippen LogP) is 5.56. The van der Waals surface area contributed by atoms with Crippen molar-refractivity contribution in [2.45, 2.75) is 17.2 Å². The molecule has 0 atom stereocenters. The number of amides is 1. The maximum Gasteiger partial charge on any atom is 0.417 e. The summed E-state index contributed by atoms with van der Waals surface area (Å²) < 4.78 is 129. The van der Waals surface area contributed by atoms with Crippen molar-refractivity contribution in [1.82, 2.24) is 0 Å². The maximum atomic E-state index is 13.9. The SMILES string of the molecule is COc1ccc(F)cc1Oc1cc(C(F)(F)F)cc(C(F)(F)F)c1C(=O)Nc1cccc(S(N)(=O)=O)c1. The van der Waals surface area contributed by atoms with Crippen molar-refractivity contribution >= 4 is 21.6 Å². The van der Waals surface area contributed by atoms with Crippen LogP contribution in [0.25, 0.3) is 0 Å². The van der Waals surface area contributed by atoms with Crippen LogP contribution in [0.5, 0.6) is 17.2 Å². The Hall–Kier alpha value is -3.85. The highest BCUT2D eigenvalue weighted by Gasteiger charge is 2.42. The average molecular weight is 552 g/mol. The summed E-state index contributed by atoms with van der Waals surface area (Å²) >= 11 is 0. The molecule has 0 aliphatic carbocycles. The van der Waals surface area contributed by atoms with Gasteiger partial charge in [-0.25, -0.2) is 17.9 Å². The number of hydrogen-bond donors (Lipinski definition) is 2. The molecule has 0 heterocycles. The van der Waals surface area contributed by atoms with Crippen molar-refractivity contribution in [3.05, 3.63) is 77.1 Å². The van der Waals surface area contributed by atoms with Gasteiger partial charge in [-0.1, -0.05) is 6.07 Å². The number of rotatable bonds is 6. The molecule has 7 nitrogen and oxygen atoms in total. The van der Waals surface area contributed by atoms with Gasteiger partial charge in [-0.05, 0) is 42.5 Å². The molecule has 0 bridgehead atoms. The van der Waals surface area contributed by atoms with E-state index in [-0.39, 0.29) is 23.6 Å². The second-order valence-corrected chi connectivity index (χ2v) is 8.88. The van der Waals surface area contributed by atoms with Crippen LogP contribution in [0.3, 0.4) is 0 Å². The highest BCUT2D eigenvalue weighted by molar-refractivity contribution is 7.89. The van der Waals surface area contributed by atoms with E-state index in [9.17, 15) is 43.9 Å². The lowest BCUT2D eigenvalue weighted by Crippen LogP contribution is -2.22. The lowest BCUT2D eigenvalue weighted by Gasteiger charge is -2.20. The Morgan fingerprint density at radius 2 is 1.57 bits per heavy atom. The minimum absolute atomic E-state index is 0.134. The number of nitrogens with two attached hydrogens (primary N) is 1. The van der Waals surface area contributed by atoms with E-state index < -0.39 is 67.2 Å². The van der Waals surface area contributed by atoms with Crippen molar-refractivity contribution in [2.24, 2.45) is 5.14 Å². The van der Waals surface area contributed by atoms with E-state index in [1.54, 1.807) is 0 Å². The van der Waals surface area contributed by atoms with Gasteiger partial charge in [0.05, 0.1) is 28.7 Å². The van der Waals surface area contributed by atoms with Crippen LogP contribution < -0.4 is 19.9 Å². The third-order valence-corrected chi connectivity index (χ3v) is 5.64. The molecule has 0 unspecified atom stereocenters. The molecule has 198 valence electrons. The van der Waals surface area contributed by atoms with Crippen LogP contribution in [0.2, 0.25) is 0 Å². The van der Waals surface area contributed by atoms with E-state index in [1.807, 2.05) is 5.32 Å². The molecule has 0 saturated heterocycles. The molecule has 0 saturated carbocycles. The Labute approximate surface area is 204 Å². The van der Waals surface area contributed by atoms with E-state index in [0.717, 1.165) is 43.5 Å². The first-order chi connectivity index (χ1) is 17.0. The number of methoxy groups -OCH3 is 1. The fourth-order valence-electron chi connectivity index (χ4n) is 3.11. The summed E-state index contributed by atoms with van der Waals surface area (Å²) in [7, 11) is -3.19. The van der Waals surface area contributed by atoms with Crippen LogP contribution in [-0.2, 0) is 22.4 Å².